The number of likely N-dealkylation sites (N-methyl/N-ethyl adjacent to an activating group) is 1. The van der Waals surface area contributed by atoms with E-state index in [0.717, 1.165) is 5.56 Å². The Kier molecular flexibility index (Phi) is 3.65. The lowest BCUT2D eigenvalue weighted by atomic mass is 9.92. The fourth-order valence-electron chi connectivity index (χ4n) is 2.42. The van der Waals surface area contributed by atoms with Crippen molar-refractivity contribution < 1.29 is 14.3 Å². The molecule has 96 valence electrons. The first-order chi connectivity index (χ1) is 8.65. The van der Waals surface area contributed by atoms with Crippen molar-refractivity contribution in [2.45, 2.75) is 25.3 Å². The van der Waals surface area contributed by atoms with Crippen molar-refractivity contribution in [2.75, 3.05) is 13.7 Å². The molecule has 1 aliphatic rings. The van der Waals surface area contributed by atoms with Crippen LogP contribution in [0, 0.1) is 0 Å². The van der Waals surface area contributed by atoms with E-state index in [-0.39, 0.29) is 17.8 Å². The summed E-state index contributed by atoms with van der Waals surface area (Å²) in [5.41, 5.74) is 1.01. The first-order valence-corrected chi connectivity index (χ1v) is 6.12. The third-order valence-corrected chi connectivity index (χ3v) is 3.34. The number of esters is 1. The van der Waals surface area contributed by atoms with Crippen LogP contribution in [-0.2, 0) is 14.3 Å². The average molecular weight is 247 g/mol. The van der Waals surface area contributed by atoms with Gasteiger partial charge in [0, 0.05) is 19.4 Å². The van der Waals surface area contributed by atoms with Crippen LogP contribution in [0.4, 0.5) is 0 Å². The molecule has 1 saturated heterocycles. The van der Waals surface area contributed by atoms with Gasteiger partial charge in [-0.25, -0.2) is 4.79 Å². The van der Waals surface area contributed by atoms with Crippen molar-refractivity contribution in [3.63, 3.8) is 0 Å². The molecule has 18 heavy (non-hydrogen) atoms. The number of hydrogen-bond acceptors (Lipinski definition) is 3. The fraction of sp³-hybridized carbons (Fsp3) is 0.429. The Balaban J connectivity index is 2.28. The molecule has 1 fully saturated rings. The van der Waals surface area contributed by atoms with Crippen LogP contribution in [0.15, 0.2) is 30.3 Å². The second-order valence-electron chi connectivity index (χ2n) is 4.42. The maximum absolute atomic E-state index is 12.0. The normalized spacial score (nSPS) is 23.2. The zero-order chi connectivity index (χ0) is 13.1. The number of ether oxygens (including phenoxy) is 1. The monoisotopic (exact) mass is 247 g/mol. The number of rotatable bonds is 3. The number of carbonyl (C=O) groups is 2. The maximum atomic E-state index is 12.0. The molecule has 1 heterocycles. The summed E-state index contributed by atoms with van der Waals surface area (Å²) >= 11 is 0. The zero-order valence-electron chi connectivity index (χ0n) is 10.6. The van der Waals surface area contributed by atoms with Crippen LogP contribution in [0.2, 0.25) is 0 Å². The highest BCUT2D eigenvalue weighted by molar-refractivity contribution is 5.90. The van der Waals surface area contributed by atoms with Crippen LogP contribution in [0.5, 0.6) is 0 Å². The Hall–Kier alpha value is -1.84. The number of carbonyl (C=O) groups excluding carboxylic acids is 2. The van der Waals surface area contributed by atoms with Crippen molar-refractivity contribution in [3.05, 3.63) is 35.9 Å². The van der Waals surface area contributed by atoms with Gasteiger partial charge in [0.25, 0.3) is 0 Å². The molecular formula is C14H17NO3. The van der Waals surface area contributed by atoms with Crippen LogP contribution in [0.25, 0.3) is 0 Å². The molecule has 0 radical (unpaired) electrons. The minimum absolute atomic E-state index is 0.0121. The van der Waals surface area contributed by atoms with Gasteiger partial charge in [-0.15, -0.1) is 0 Å². The van der Waals surface area contributed by atoms with Gasteiger partial charge in [0.05, 0.1) is 6.61 Å². The molecule has 0 saturated carbocycles. The summed E-state index contributed by atoms with van der Waals surface area (Å²) in [6.07, 6.45) is 0.365. The van der Waals surface area contributed by atoms with E-state index in [1.807, 2.05) is 30.3 Å². The van der Waals surface area contributed by atoms with Gasteiger partial charge in [0.2, 0.25) is 5.91 Å². The molecule has 4 heteroatoms. The summed E-state index contributed by atoms with van der Waals surface area (Å²) in [5.74, 6) is -0.440. The summed E-state index contributed by atoms with van der Waals surface area (Å²) < 4.78 is 5.06. The van der Waals surface area contributed by atoms with Gasteiger partial charge in [0.15, 0.2) is 0 Å². The van der Waals surface area contributed by atoms with E-state index >= 15 is 0 Å². The first-order valence-electron chi connectivity index (χ1n) is 6.12. The third-order valence-electron chi connectivity index (χ3n) is 3.34. The number of benzene rings is 1. The Labute approximate surface area is 107 Å². The highest BCUT2D eigenvalue weighted by atomic mass is 16.5. The van der Waals surface area contributed by atoms with E-state index in [1.165, 1.54) is 4.90 Å². The number of hydrogen-bond donors (Lipinski definition) is 0. The molecule has 0 unspecified atom stereocenters. The second kappa shape index (κ2) is 5.21. The second-order valence-corrected chi connectivity index (χ2v) is 4.42. The van der Waals surface area contributed by atoms with Crippen molar-refractivity contribution in [2.24, 2.45) is 0 Å². The largest absolute Gasteiger partial charge is 0.464 e. The molecule has 1 aromatic carbocycles. The Morgan fingerprint density at radius 2 is 2.06 bits per heavy atom. The lowest BCUT2D eigenvalue weighted by Gasteiger charge is -2.23. The van der Waals surface area contributed by atoms with Crippen molar-refractivity contribution in [1.82, 2.24) is 4.90 Å². The minimum Gasteiger partial charge on any atom is -0.464 e. The van der Waals surface area contributed by atoms with Gasteiger partial charge < -0.3 is 9.64 Å². The summed E-state index contributed by atoms with van der Waals surface area (Å²) in [5, 5.41) is 0. The molecule has 0 bridgehead atoms. The van der Waals surface area contributed by atoms with E-state index in [0.29, 0.717) is 13.0 Å². The highest BCUT2D eigenvalue weighted by Crippen LogP contribution is 2.33. The predicted octanol–water partition coefficient (Wildman–Crippen LogP) is 1.56. The van der Waals surface area contributed by atoms with E-state index in [1.54, 1.807) is 14.0 Å². The molecule has 1 amide bonds. The average Bonchev–Trinajstić information content (AvgIpc) is 2.67. The molecule has 2 atom stereocenters. The lowest BCUT2D eigenvalue weighted by Crippen LogP contribution is -2.39. The van der Waals surface area contributed by atoms with Gasteiger partial charge in [0.1, 0.15) is 6.04 Å². The van der Waals surface area contributed by atoms with Gasteiger partial charge in [-0.2, -0.15) is 0 Å². The third kappa shape index (κ3) is 2.23. The van der Waals surface area contributed by atoms with Crippen LogP contribution in [-0.4, -0.2) is 36.5 Å². The van der Waals surface area contributed by atoms with Gasteiger partial charge in [-0.3, -0.25) is 4.79 Å². The fourth-order valence-corrected chi connectivity index (χ4v) is 2.42. The Bertz CT molecular complexity index is 444. The molecule has 0 aromatic heterocycles. The van der Waals surface area contributed by atoms with Gasteiger partial charge >= 0.3 is 5.97 Å². The summed E-state index contributed by atoms with van der Waals surface area (Å²) in [4.78, 5) is 25.3. The van der Waals surface area contributed by atoms with Gasteiger partial charge in [-0.1, -0.05) is 30.3 Å². The summed E-state index contributed by atoms with van der Waals surface area (Å²) in [7, 11) is 1.66. The smallest absolute Gasteiger partial charge is 0.329 e. The number of amides is 1. The standard InChI is InChI=1S/C14H17NO3/c1-3-18-14(17)13-11(9-12(16)15(13)2)10-7-5-4-6-8-10/h4-8,11,13H,3,9H2,1-2H3/t11-,13-/m1/s1. The maximum Gasteiger partial charge on any atom is 0.329 e. The van der Waals surface area contributed by atoms with Crippen LogP contribution in [0.1, 0.15) is 24.8 Å². The van der Waals surface area contributed by atoms with Crippen molar-refractivity contribution in [1.29, 1.82) is 0 Å². The predicted molar refractivity (Wildman–Crippen MR) is 67.0 cm³/mol. The molecule has 0 N–H and O–H groups in total. The lowest BCUT2D eigenvalue weighted by molar-refractivity contribution is -0.150. The summed E-state index contributed by atoms with van der Waals surface area (Å²) in [6.45, 7) is 2.10. The highest BCUT2D eigenvalue weighted by Gasteiger charge is 2.43. The quantitative estimate of drug-likeness (QED) is 0.762. The minimum atomic E-state index is -0.500. The SMILES string of the molecule is CCOC(=O)[C@H]1[C@@H](c2ccccc2)CC(=O)N1C. The van der Waals surface area contributed by atoms with Crippen molar-refractivity contribution in [3.8, 4) is 0 Å². The molecule has 0 aliphatic carbocycles. The number of likely N-dealkylation sites (tertiary alicyclic amines) is 1. The zero-order valence-corrected chi connectivity index (χ0v) is 10.6. The summed E-state index contributed by atoms with van der Waals surface area (Å²) in [6, 6.07) is 9.15. The van der Waals surface area contributed by atoms with Crippen LogP contribution in [0.3, 0.4) is 0 Å². The van der Waals surface area contributed by atoms with E-state index in [2.05, 4.69) is 0 Å². The van der Waals surface area contributed by atoms with Crippen LogP contribution < -0.4 is 0 Å². The van der Waals surface area contributed by atoms with Crippen molar-refractivity contribution >= 4 is 11.9 Å². The topological polar surface area (TPSA) is 46.6 Å². The van der Waals surface area contributed by atoms with Gasteiger partial charge in [-0.05, 0) is 12.5 Å². The molecular weight excluding hydrogens is 230 g/mol. The first kappa shape index (κ1) is 12.6. The van der Waals surface area contributed by atoms with E-state index in [4.69, 9.17) is 4.74 Å². The molecule has 2 rings (SSSR count). The van der Waals surface area contributed by atoms with E-state index < -0.39 is 6.04 Å². The molecule has 4 nitrogen and oxygen atoms in total. The molecule has 1 aromatic rings. The Morgan fingerprint density at radius 3 is 2.67 bits per heavy atom. The molecule has 0 spiro atoms. The van der Waals surface area contributed by atoms with Crippen LogP contribution >= 0.6 is 0 Å². The number of nitrogens with zero attached hydrogens (tertiary/aromatic N) is 1. The van der Waals surface area contributed by atoms with E-state index in [9.17, 15) is 9.59 Å². The molecule has 1 aliphatic heterocycles. The Morgan fingerprint density at radius 1 is 1.39 bits per heavy atom.